The number of aromatic nitrogens is 2. The third-order valence-corrected chi connectivity index (χ3v) is 8.03. The molecule has 3 heterocycles. The Morgan fingerprint density at radius 3 is 1.65 bits per heavy atom. The predicted molar refractivity (Wildman–Crippen MR) is 162 cm³/mol. The van der Waals surface area contributed by atoms with Crippen molar-refractivity contribution < 1.29 is 28.9 Å². The summed E-state index contributed by atoms with van der Waals surface area (Å²) >= 11 is 0. The van der Waals surface area contributed by atoms with Crippen molar-refractivity contribution in [2.75, 3.05) is 0 Å². The molecule has 2 aliphatic rings. The van der Waals surface area contributed by atoms with Gasteiger partial charge in [-0.3, -0.25) is 43.9 Å². The van der Waals surface area contributed by atoms with Crippen LogP contribution in [0.3, 0.4) is 0 Å². The van der Waals surface area contributed by atoms with Crippen LogP contribution in [0.1, 0.15) is 63.2 Å². The number of nitro groups is 1. The Balaban J connectivity index is 1.37. The number of fused-ring (bicyclic) bond motifs is 2. The minimum Gasteiger partial charge on any atom is -0.298 e. The van der Waals surface area contributed by atoms with Crippen molar-refractivity contribution in [1.82, 2.24) is 19.6 Å². The van der Waals surface area contributed by atoms with Gasteiger partial charge >= 0.3 is 0 Å². The third kappa shape index (κ3) is 4.47. The standard InChI is InChI=1S/C34H21N5O7/c40-19-20-7-1-2-8-24(20)29-16-22(39(45)46)13-14-30(29)38-23(18-37-33(43)27-11-5-6-12-28(27)34(37)44)15-21(35-38)17-36-31(41)25-9-3-4-10-26(25)32(36)42/h1-16,19H,17-18H2. The van der Waals surface area contributed by atoms with Crippen LogP contribution in [0.5, 0.6) is 0 Å². The van der Waals surface area contributed by atoms with Crippen LogP contribution in [0, 0.1) is 10.1 Å². The lowest BCUT2D eigenvalue weighted by Crippen LogP contribution is -2.30. The number of nitrogens with zero attached hydrogens (tertiary/aromatic N) is 5. The quantitative estimate of drug-likeness (QED) is 0.104. The molecule has 12 nitrogen and oxygen atoms in total. The van der Waals surface area contributed by atoms with Crippen LogP contribution in [0.25, 0.3) is 16.8 Å². The molecule has 1 aromatic heterocycles. The van der Waals surface area contributed by atoms with Crippen molar-refractivity contribution in [2.24, 2.45) is 0 Å². The lowest BCUT2D eigenvalue weighted by Gasteiger charge is -2.17. The van der Waals surface area contributed by atoms with Gasteiger partial charge in [-0.25, -0.2) is 4.68 Å². The number of rotatable bonds is 8. The summed E-state index contributed by atoms with van der Waals surface area (Å²) in [4.78, 5) is 78.3. The lowest BCUT2D eigenvalue weighted by atomic mass is 9.98. The largest absolute Gasteiger partial charge is 0.298 e. The van der Waals surface area contributed by atoms with Gasteiger partial charge in [0, 0.05) is 23.3 Å². The van der Waals surface area contributed by atoms with Gasteiger partial charge in [0.1, 0.15) is 0 Å². The summed E-state index contributed by atoms with van der Waals surface area (Å²) in [5.41, 5.74) is 2.62. The second-order valence-electron chi connectivity index (χ2n) is 10.7. The smallest absolute Gasteiger partial charge is 0.270 e. The first-order chi connectivity index (χ1) is 22.3. The van der Waals surface area contributed by atoms with Crippen LogP contribution in [-0.2, 0) is 13.1 Å². The minimum atomic E-state index is -0.562. The molecule has 0 atom stereocenters. The Kier molecular flexibility index (Phi) is 6.66. The Bertz CT molecular complexity index is 2100. The van der Waals surface area contributed by atoms with Gasteiger partial charge in [-0.15, -0.1) is 0 Å². The number of benzene rings is 4. The number of imide groups is 2. The Labute approximate surface area is 260 Å². The summed E-state index contributed by atoms with van der Waals surface area (Å²) in [6.45, 7) is -0.463. The highest BCUT2D eigenvalue weighted by Crippen LogP contribution is 2.34. The van der Waals surface area contributed by atoms with Crippen molar-refractivity contribution in [3.63, 3.8) is 0 Å². The number of aldehydes is 1. The van der Waals surface area contributed by atoms with E-state index in [1.807, 2.05) is 0 Å². The highest BCUT2D eigenvalue weighted by atomic mass is 16.6. The SMILES string of the molecule is O=Cc1ccccc1-c1cc([N+](=O)[O-])ccc1-n1nc(CN2C(=O)c3ccccc3C2=O)cc1CN1C(=O)c2ccccc2C1=O. The normalized spacial score (nSPS) is 13.7. The van der Waals surface area contributed by atoms with Crippen LogP contribution in [-0.4, -0.2) is 54.4 Å². The maximum Gasteiger partial charge on any atom is 0.270 e. The molecule has 0 saturated carbocycles. The first kappa shape index (κ1) is 28.2. The zero-order valence-electron chi connectivity index (χ0n) is 23.8. The van der Waals surface area contributed by atoms with Gasteiger partial charge < -0.3 is 0 Å². The molecule has 0 unspecified atom stereocenters. The van der Waals surface area contributed by atoms with Gasteiger partial charge in [0.05, 0.1) is 57.3 Å². The van der Waals surface area contributed by atoms with Gasteiger partial charge in [0.15, 0.2) is 6.29 Å². The predicted octanol–water partition coefficient (Wildman–Crippen LogP) is 4.85. The molecule has 0 aliphatic carbocycles. The maximum absolute atomic E-state index is 13.3. The molecular weight excluding hydrogens is 590 g/mol. The van der Waals surface area contributed by atoms with Crippen molar-refractivity contribution in [3.8, 4) is 16.8 Å². The molecule has 46 heavy (non-hydrogen) atoms. The minimum absolute atomic E-state index is 0.221. The number of nitro benzene ring substituents is 1. The lowest BCUT2D eigenvalue weighted by molar-refractivity contribution is -0.384. The second kappa shape index (κ2) is 10.9. The monoisotopic (exact) mass is 611 g/mol. The number of hydrogen-bond acceptors (Lipinski definition) is 8. The average Bonchev–Trinajstić information content (AvgIpc) is 3.67. The summed E-state index contributed by atoms with van der Waals surface area (Å²) in [6.07, 6.45) is 0.633. The fourth-order valence-electron chi connectivity index (χ4n) is 5.85. The van der Waals surface area contributed by atoms with E-state index in [9.17, 15) is 34.1 Å². The van der Waals surface area contributed by atoms with E-state index < -0.39 is 28.6 Å². The number of non-ortho nitro benzene ring substituents is 1. The fourth-order valence-corrected chi connectivity index (χ4v) is 5.85. The molecule has 0 radical (unpaired) electrons. The van der Waals surface area contributed by atoms with Crippen LogP contribution in [0.2, 0.25) is 0 Å². The molecule has 0 spiro atoms. The van der Waals surface area contributed by atoms with Gasteiger partial charge in [-0.05, 0) is 42.0 Å². The van der Waals surface area contributed by atoms with Gasteiger partial charge in [-0.1, -0.05) is 48.5 Å². The molecular formula is C34H21N5O7. The van der Waals surface area contributed by atoms with E-state index in [2.05, 4.69) is 0 Å². The van der Waals surface area contributed by atoms with Crippen LogP contribution >= 0.6 is 0 Å². The molecule has 5 aromatic rings. The van der Waals surface area contributed by atoms with E-state index in [1.54, 1.807) is 78.9 Å². The molecule has 0 bridgehead atoms. The van der Waals surface area contributed by atoms with E-state index in [0.717, 1.165) is 9.80 Å². The Hall–Kier alpha value is -6.56. The maximum atomic E-state index is 13.3. The van der Waals surface area contributed by atoms with Gasteiger partial charge in [-0.2, -0.15) is 5.10 Å². The Morgan fingerprint density at radius 2 is 1.13 bits per heavy atom. The molecule has 224 valence electrons. The van der Waals surface area contributed by atoms with E-state index >= 15 is 0 Å². The molecule has 4 amide bonds. The van der Waals surface area contributed by atoms with E-state index in [1.165, 1.54) is 22.9 Å². The average molecular weight is 612 g/mol. The molecule has 12 heteroatoms. The van der Waals surface area contributed by atoms with Gasteiger partial charge in [0.2, 0.25) is 0 Å². The first-order valence-corrected chi connectivity index (χ1v) is 14.1. The zero-order chi connectivity index (χ0) is 32.1. The van der Waals surface area contributed by atoms with Crippen molar-refractivity contribution in [3.05, 3.63) is 146 Å². The number of amides is 4. The molecule has 0 saturated heterocycles. The van der Waals surface area contributed by atoms with Crippen molar-refractivity contribution in [2.45, 2.75) is 13.1 Å². The third-order valence-electron chi connectivity index (χ3n) is 8.03. The highest BCUT2D eigenvalue weighted by molar-refractivity contribution is 6.22. The topological polar surface area (TPSA) is 153 Å². The molecule has 2 aliphatic heterocycles. The van der Waals surface area contributed by atoms with Crippen LogP contribution in [0.15, 0.2) is 97.1 Å². The molecule has 7 rings (SSSR count). The highest BCUT2D eigenvalue weighted by Gasteiger charge is 2.38. The van der Waals surface area contributed by atoms with E-state index in [4.69, 9.17) is 5.10 Å². The summed E-state index contributed by atoms with van der Waals surface area (Å²) < 4.78 is 1.41. The van der Waals surface area contributed by atoms with Crippen molar-refractivity contribution in [1.29, 1.82) is 0 Å². The summed E-state index contributed by atoms with van der Waals surface area (Å²) in [6, 6.07) is 25.1. The van der Waals surface area contributed by atoms with E-state index in [-0.39, 0.29) is 57.9 Å². The summed E-state index contributed by atoms with van der Waals surface area (Å²) in [7, 11) is 0. The number of hydrogen-bond donors (Lipinski definition) is 0. The first-order valence-electron chi connectivity index (χ1n) is 14.1. The van der Waals surface area contributed by atoms with E-state index in [0.29, 0.717) is 23.2 Å². The zero-order valence-corrected chi connectivity index (χ0v) is 23.8. The van der Waals surface area contributed by atoms with Crippen molar-refractivity contribution >= 4 is 35.6 Å². The Morgan fingerprint density at radius 1 is 0.630 bits per heavy atom. The van der Waals surface area contributed by atoms with Gasteiger partial charge in [0.25, 0.3) is 29.3 Å². The van der Waals surface area contributed by atoms with Crippen LogP contribution in [0.4, 0.5) is 5.69 Å². The fraction of sp³-hybridized carbons (Fsp3) is 0.0588. The summed E-state index contributed by atoms with van der Waals surface area (Å²) in [5, 5.41) is 16.5. The molecule has 0 fully saturated rings. The number of carbonyl (C=O) groups is 5. The molecule has 0 N–H and O–H groups in total. The summed E-state index contributed by atoms with van der Waals surface area (Å²) in [5.74, 6) is -2.00. The molecule has 4 aromatic carbocycles. The number of carbonyl (C=O) groups excluding carboxylic acids is 5. The second-order valence-corrected chi connectivity index (χ2v) is 10.7. The van der Waals surface area contributed by atoms with Crippen LogP contribution < -0.4 is 0 Å².